The average molecular weight is 239 g/mol. The van der Waals surface area contributed by atoms with E-state index in [-0.39, 0.29) is 0 Å². The zero-order valence-electron chi connectivity index (χ0n) is 8.30. The van der Waals surface area contributed by atoms with Crippen LogP contribution in [0.15, 0.2) is 34.0 Å². The molecule has 0 fully saturated rings. The number of thioether (sulfide) groups is 1. The summed E-state index contributed by atoms with van der Waals surface area (Å²) in [4.78, 5) is 0. The molecule has 0 aliphatic heterocycles. The van der Waals surface area contributed by atoms with Crippen LogP contribution in [0.5, 0.6) is 0 Å². The molecule has 0 saturated carbocycles. The molecular weight excluding hydrogens is 226 g/mol. The van der Waals surface area contributed by atoms with E-state index < -0.39 is 0 Å². The number of hydrogen-bond acceptors (Lipinski definition) is 4. The molecule has 5 heteroatoms. The summed E-state index contributed by atoms with van der Waals surface area (Å²) < 4.78 is 3.28. The first-order chi connectivity index (χ1) is 7.34. The lowest BCUT2D eigenvalue weighted by atomic mass is 10.5. The van der Waals surface area contributed by atoms with Crippen LogP contribution in [0, 0.1) is 0 Å². The fourth-order valence-electron chi connectivity index (χ4n) is 1.25. The van der Waals surface area contributed by atoms with E-state index in [0.717, 1.165) is 18.7 Å². The molecule has 0 aromatic carbocycles. The molecule has 2 aromatic heterocycles. The van der Waals surface area contributed by atoms with Gasteiger partial charge in [0.2, 0.25) is 0 Å². The Morgan fingerprint density at radius 2 is 2.40 bits per heavy atom. The Kier molecular flexibility index (Phi) is 3.69. The van der Waals surface area contributed by atoms with E-state index >= 15 is 0 Å². The van der Waals surface area contributed by atoms with Crippen LogP contribution in [0.25, 0.3) is 0 Å². The van der Waals surface area contributed by atoms with Crippen LogP contribution in [0.1, 0.15) is 6.42 Å². The molecule has 2 N–H and O–H groups in total. The van der Waals surface area contributed by atoms with Gasteiger partial charge >= 0.3 is 0 Å². The zero-order valence-corrected chi connectivity index (χ0v) is 9.93. The number of nitrogens with zero attached hydrogens (tertiary/aromatic N) is 2. The van der Waals surface area contributed by atoms with Gasteiger partial charge in [-0.15, -0.1) is 23.1 Å². The molecule has 2 aromatic rings. The van der Waals surface area contributed by atoms with Crippen molar-refractivity contribution in [1.29, 1.82) is 0 Å². The van der Waals surface area contributed by atoms with Gasteiger partial charge in [-0.2, -0.15) is 5.10 Å². The molecule has 3 nitrogen and oxygen atoms in total. The summed E-state index contributed by atoms with van der Waals surface area (Å²) in [6.07, 6.45) is 3.04. The van der Waals surface area contributed by atoms with Crippen molar-refractivity contribution < 1.29 is 0 Å². The molecule has 2 heterocycles. The monoisotopic (exact) mass is 239 g/mol. The van der Waals surface area contributed by atoms with Crippen LogP contribution in [-0.2, 0) is 6.54 Å². The smallest absolute Gasteiger partial charge is 0.145 e. The molecule has 2 rings (SSSR count). The van der Waals surface area contributed by atoms with Crippen molar-refractivity contribution in [3.63, 3.8) is 0 Å². The molecule has 0 aliphatic carbocycles. The second-order valence-electron chi connectivity index (χ2n) is 3.14. The highest BCUT2D eigenvalue weighted by molar-refractivity contribution is 8.01. The van der Waals surface area contributed by atoms with Crippen molar-refractivity contribution in [3.8, 4) is 0 Å². The Hall–Kier alpha value is -0.940. The summed E-state index contributed by atoms with van der Waals surface area (Å²) in [5, 5.41) is 6.24. The van der Waals surface area contributed by atoms with E-state index in [0.29, 0.717) is 5.82 Å². The van der Waals surface area contributed by atoms with Crippen LogP contribution in [-0.4, -0.2) is 15.5 Å². The molecule has 15 heavy (non-hydrogen) atoms. The Morgan fingerprint density at radius 3 is 3.07 bits per heavy atom. The molecular formula is C10H13N3S2. The lowest BCUT2D eigenvalue weighted by molar-refractivity contribution is 0.608. The second kappa shape index (κ2) is 5.23. The first-order valence-corrected chi connectivity index (χ1v) is 6.66. The van der Waals surface area contributed by atoms with Crippen molar-refractivity contribution in [1.82, 2.24) is 9.78 Å². The summed E-state index contributed by atoms with van der Waals surface area (Å²) in [6.45, 7) is 0.940. The summed E-state index contributed by atoms with van der Waals surface area (Å²) in [5.41, 5.74) is 5.52. The van der Waals surface area contributed by atoms with E-state index in [2.05, 4.69) is 22.6 Å². The van der Waals surface area contributed by atoms with Gasteiger partial charge in [0.25, 0.3) is 0 Å². The van der Waals surface area contributed by atoms with E-state index in [1.165, 1.54) is 4.21 Å². The van der Waals surface area contributed by atoms with Crippen molar-refractivity contribution in [2.45, 2.75) is 17.2 Å². The Labute approximate surface area is 97.3 Å². The summed E-state index contributed by atoms with van der Waals surface area (Å²) in [7, 11) is 0. The maximum atomic E-state index is 5.52. The maximum Gasteiger partial charge on any atom is 0.145 e. The second-order valence-corrected chi connectivity index (χ2v) is 5.48. The molecule has 0 aliphatic rings. The predicted octanol–water partition coefficient (Wildman–Crippen LogP) is 2.71. The van der Waals surface area contributed by atoms with Crippen LogP contribution in [0.4, 0.5) is 5.82 Å². The molecule has 0 amide bonds. The minimum Gasteiger partial charge on any atom is -0.382 e. The lowest BCUT2D eigenvalue weighted by Gasteiger charge is -2.00. The van der Waals surface area contributed by atoms with Crippen molar-refractivity contribution >= 4 is 28.9 Å². The van der Waals surface area contributed by atoms with Gasteiger partial charge in [0.05, 0.1) is 4.21 Å². The highest BCUT2D eigenvalue weighted by Gasteiger charge is 1.96. The number of aromatic nitrogens is 2. The van der Waals surface area contributed by atoms with Gasteiger partial charge in [0.15, 0.2) is 0 Å². The molecule has 0 saturated heterocycles. The molecule has 0 radical (unpaired) electrons. The Bertz CT molecular complexity index is 394. The number of nitrogens with two attached hydrogens (primary N) is 1. The molecule has 0 atom stereocenters. The number of aryl methyl sites for hydroxylation is 1. The largest absolute Gasteiger partial charge is 0.382 e. The van der Waals surface area contributed by atoms with E-state index in [1.54, 1.807) is 11.3 Å². The normalized spacial score (nSPS) is 10.7. The molecule has 0 unspecified atom stereocenters. The minimum absolute atomic E-state index is 0.598. The Morgan fingerprint density at radius 1 is 1.47 bits per heavy atom. The van der Waals surface area contributed by atoms with Gasteiger partial charge in [0.1, 0.15) is 5.82 Å². The van der Waals surface area contributed by atoms with Crippen LogP contribution < -0.4 is 5.73 Å². The number of anilines is 1. The van der Waals surface area contributed by atoms with Gasteiger partial charge in [-0.1, -0.05) is 6.07 Å². The first kappa shape index (κ1) is 10.6. The zero-order chi connectivity index (χ0) is 10.5. The molecule has 0 bridgehead atoms. The topological polar surface area (TPSA) is 43.8 Å². The molecule has 0 spiro atoms. The van der Waals surface area contributed by atoms with Gasteiger partial charge in [-0.25, -0.2) is 0 Å². The minimum atomic E-state index is 0.598. The lowest BCUT2D eigenvalue weighted by Crippen LogP contribution is -2.00. The quantitative estimate of drug-likeness (QED) is 0.644. The summed E-state index contributed by atoms with van der Waals surface area (Å²) in [6, 6.07) is 6.06. The van der Waals surface area contributed by atoms with Gasteiger partial charge < -0.3 is 5.73 Å². The van der Waals surface area contributed by atoms with Crippen molar-refractivity contribution in [2.75, 3.05) is 11.5 Å². The third-order valence-corrected chi connectivity index (χ3v) is 4.15. The van der Waals surface area contributed by atoms with Gasteiger partial charge in [0, 0.05) is 18.5 Å². The summed E-state index contributed by atoms with van der Waals surface area (Å²) >= 11 is 3.69. The van der Waals surface area contributed by atoms with Gasteiger partial charge in [-0.3, -0.25) is 4.68 Å². The van der Waals surface area contributed by atoms with Crippen LogP contribution >= 0.6 is 23.1 Å². The molecule has 80 valence electrons. The van der Waals surface area contributed by atoms with Gasteiger partial charge in [-0.05, 0) is 23.9 Å². The van der Waals surface area contributed by atoms with E-state index in [4.69, 9.17) is 5.73 Å². The first-order valence-electron chi connectivity index (χ1n) is 4.80. The van der Waals surface area contributed by atoms with Crippen molar-refractivity contribution in [3.05, 3.63) is 29.8 Å². The average Bonchev–Trinajstić information content (AvgIpc) is 2.84. The third kappa shape index (κ3) is 3.28. The van der Waals surface area contributed by atoms with Crippen LogP contribution in [0.2, 0.25) is 0 Å². The standard InChI is InChI=1S/C10H13N3S2/c11-9-4-6-13(12-9)5-2-8-15-10-3-1-7-14-10/h1,3-4,6-7H,2,5,8H2,(H2,11,12). The highest BCUT2D eigenvalue weighted by atomic mass is 32.2. The van der Waals surface area contributed by atoms with Crippen LogP contribution in [0.3, 0.4) is 0 Å². The fourth-order valence-corrected chi connectivity index (χ4v) is 3.03. The fraction of sp³-hybridized carbons (Fsp3) is 0.300. The summed E-state index contributed by atoms with van der Waals surface area (Å²) in [5.74, 6) is 1.72. The predicted molar refractivity (Wildman–Crippen MR) is 66.3 cm³/mol. The number of rotatable bonds is 5. The maximum absolute atomic E-state index is 5.52. The number of thiophene rings is 1. The van der Waals surface area contributed by atoms with E-state index in [1.807, 2.05) is 28.7 Å². The van der Waals surface area contributed by atoms with E-state index in [9.17, 15) is 0 Å². The Balaban J connectivity index is 1.67. The highest BCUT2D eigenvalue weighted by Crippen LogP contribution is 2.23. The number of hydrogen-bond donors (Lipinski definition) is 1. The third-order valence-electron chi connectivity index (χ3n) is 1.93. The number of nitrogen functional groups attached to an aromatic ring is 1. The van der Waals surface area contributed by atoms with Crippen molar-refractivity contribution in [2.24, 2.45) is 0 Å². The SMILES string of the molecule is Nc1ccn(CCCSc2cccs2)n1.